The first-order chi connectivity index (χ1) is 16.7. The average molecular weight is 471 g/mol. The van der Waals surface area contributed by atoms with E-state index < -0.39 is 6.04 Å². The Morgan fingerprint density at radius 2 is 1.91 bits per heavy atom. The van der Waals surface area contributed by atoms with E-state index in [4.69, 9.17) is 4.74 Å². The van der Waals surface area contributed by atoms with Gasteiger partial charge in [-0.2, -0.15) is 5.10 Å². The lowest BCUT2D eigenvalue weighted by Crippen LogP contribution is -2.37. The van der Waals surface area contributed by atoms with Gasteiger partial charge < -0.3 is 15.4 Å². The van der Waals surface area contributed by atoms with Crippen LogP contribution < -0.4 is 15.4 Å². The Bertz CT molecular complexity index is 1380. The molecule has 0 fully saturated rings. The number of para-hydroxylation sites is 1. The summed E-state index contributed by atoms with van der Waals surface area (Å²) in [5.41, 5.74) is 5.60. The Kier molecular flexibility index (Phi) is 5.50. The summed E-state index contributed by atoms with van der Waals surface area (Å²) in [7, 11) is 1.62. The molecule has 1 atom stereocenters. The minimum atomic E-state index is -0.482. The molecule has 7 heteroatoms. The number of nitrogens with zero attached hydrogens (tertiary/aromatic N) is 2. The van der Waals surface area contributed by atoms with E-state index in [0.29, 0.717) is 35.5 Å². The first-order valence-corrected chi connectivity index (χ1v) is 11.8. The molecule has 3 aromatic rings. The molecule has 0 radical (unpaired) electrons. The van der Waals surface area contributed by atoms with Crippen LogP contribution in [0.4, 0.5) is 11.5 Å². The van der Waals surface area contributed by atoms with Crippen LogP contribution in [-0.4, -0.2) is 28.6 Å². The number of carbonyl (C=O) groups is 2. The van der Waals surface area contributed by atoms with Gasteiger partial charge in [0.1, 0.15) is 23.2 Å². The molecule has 0 saturated heterocycles. The van der Waals surface area contributed by atoms with Gasteiger partial charge in [-0.1, -0.05) is 38.1 Å². The van der Waals surface area contributed by atoms with Gasteiger partial charge in [0.05, 0.1) is 13.3 Å². The van der Waals surface area contributed by atoms with E-state index >= 15 is 0 Å². The number of benzene rings is 2. The molecule has 2 aliphatic rings. The average Bonchev–Trinajstić information content (AvgIpc) is 3.23. The number of ketones is 1. The van der Waals surface area contributed by atoms with Crippen molar-refractivity contribution in [1.29, 1.82) is 0 Å². The third-order valence-electron chi connectivity index (χ3n) is 6.95. The quantitative estimate of drug-likeness (QED) is 0.532. The van der Waals surface area contributed by atoms with Crippen LogP contribution in [0, 0.1) is 19.3 Å². The van der Waals surface area contributed by atoms with Gasteiger partial charge in [-0.3, -0.25) is 9.59 Å². The molecule has 1 unspecified atom stereocenters. The molecule has 0 saturated carbocycles. The summed E-state index contributed by atoms with van der Waals surface area (Å²) in [5, 5.41) is 11.0. The van der Waals surface area contributed by atoms with Crippen LogP contribution in [0.15, 0.2) is 59.9 Å². The topological polar surface area (TPSA) is 85.2 Å². The van der Waals surface area contributed by atoms with E-state index in [-0.39, 0.29) is 17.1 Å². The van der Waals surface area contributed by atoms with Crippen LogP contribution in [0.3, 0.4) is 0 Å². The van der Waals surface area contributed by atoms with E-state index in [9.17, 15) is 9.59 Å². The number of nitrogens with one attached hydrogen (secondary N) is 2. The fourth-order valence-electron chi connectivity index (χ4n) is 5.07. The van der Waals surface area contributed by atoms with Crippen molar-refractivity contribution in [1.82, 2.24) is 9.78 Å². The van der Waals surface area contributed by atoms with Crippen molar-refractivity contribution in [2.24, 2.45) is 5.41 Å². The van der Waals surface area contributed by atoms with Gasteiger partial charge in [-0.15, -0.1) is 0 Å². The SMILES string of the molecule is COc1ccccc1C1C2=C(CC(C)(C)CC2=O)Nc2c(C(=O)Nc3ccc(C)c(C)c3)cnn21. The molecule has 1 aliphatic heterocycles. The minimum Gasteiger partial charge on any atom is -0.496 e. The molecule has 2 heterocycles. The number of aryl methyl sites for hydroxylation is 2. The van der Waals surface area contributed by atoms with E-state index in [0.717, 1.165) is 28.1 Å². The molecule has 0 bridgehead atoms. The van der Waals surface area contributed by atoms with E-state index in [1.165, 1.54) is 0 Å². The summed E-state index contributed by atoms with van der Waals surface area (Å²) in [6.07, 6.45) is 2.72. The molecule has 1 aliphatic carbocycles. The lowest BCUT2D eigenvalue weighted by molar-refractivity contribution is -0.118. The third-order valence-corrected chi connectivity index (χ3v) is 6.95. The molecule has 2 N–H and O–H groups in total. The van der Waals surface area contributed by atoms with Crippen molar-refractivity contribution in [3.63, 3.8) is 0 Å². The Hall–Kier alpha value is -3.87. The number of amides is 1. The fourth-order valence-corrected chi connectivity index (χ4v) is 5.07. The van der Waals surface area contributed by atoms with Crippen molar-refractivity contribution < 1.29 is 14.3 Å². The first kappa shape index (κ1) is 22.9. The van der Waals surface area contributed by atoms with Crippen LogP contribution in [-0.2, 0) is 4.79 Å². The number of hydrogen-bond acceptors (Lipinski definition) is 5. The summed E-state index contributed by atoms with van der Waals surface area (Å²) in [6, 6.07) is 13.0. The van der Waals surface area contributed by atoms with Crippen molar-refractivity contribution >= 4 is 23.2 Å². The number of allylic oxidation sites excluding steroid dienone is 2. The molecule has 180 valence electrons. The van der Waals surface area contributed by atoms with Crippen molar-refractivity contribution in [3.8, 4) is 5.75 Å². The summed E-state index contributed by atoms with van der Waals surface area (Å²) in [5.74, 6) is 1.08. The maximum Gasteiger partial charge on any atom is 0.261 e. The minimum absolute atomic E-state index is 0.0851. The normalized spacial score (nSPS) is 18.4. The zero-order valence-electron chi connectivity index (χ0n) is 20.7. The van der Waals surface area contributed by atoms with Crippen LogP contribution in [0.2, 0.25) is 0 Å². The summed E-state index contributed by atoms with van der Waals surface area (Å²) in [6.45, 7) is 8.23. The van der Waals surface area contributed by atoms with E-state index in [1.807, 2.05) is 56.3 Å². The summed E-state index contributed by atoms with van der Waals surface area (Å²) < 4.78 is 7.39. The monoisotopic (exact) mass is 470 g/mol. The molecule has 2 aromatic carbocycles. The lowest BCUT2D eigenvalue weighted by Gasteiger charge is -2.39. The predicted molar refractivity (Wildman–Crippen MR) is 136 cm³/mol. The number of Topliss-reactive ketones (excluding diaryl/α,β-unsaturated/α-hetero) is 1. The Labute approximate surface area is 205 Å². The third kappa shape index (κ3) is 4.01. The van der Waals surface area contributed by atoms with Crippen LogP contribution >= 0.6 is 0 Å². The number of aromatic nitrogens is 2. The number of anilines is 2. The second-order valence-corrected chi connectivity index (χ2v) is 10.2. The van der Waals surface area contributed by atoms with Gasteiger partial charge >= 0.3 is 0 Å². The smallest absolute Gasteiger partial charge is 0.261 e. The second kappa shape index (κ2) is 8.41. The van der Waals surface area contributed by atoms with Gasteiger partial charge in [-0.25, -0.2) is 4.68 Å². The zero-order valence-corrected chi connectivity index (χ0v) is 20.7. The van der Waals surface area contributed by atoms with Crippen molar-refractivity contribution in [3.05, 3.63) is 82.2 Å². The molecular weight excluding hydrogens is 440 g/mol. The summed E-state index contributed by atoms with van der Waals surface area (Å²) in [4.78, 5) is 26.8. The lowest BCUT2D eigenvalue weighted by atomic mass is 9.73. The van der Waals surface area contributed by atoms with Gasteiger partial charge in [0.15, 0.2) is 5.78 Å². The second-order valence-electron chi connectivity index (χ2n) is 10.2. The maximum atomic E-state index is 13.4. The molecule has 35 heavy (non-hydrogen) atoms. The highest BCUT2D eigenvalue weighted by Gasteiger charge is 2.43. The molecule has 5 rings (SSSR count). The number of rotatable bonds is 4. The van der Waals surface area contributed by atoms with E-state index in [2.05, 4.69) is 29.6 Å². The van der Waals surface area contributed by atoms with Gasteiger partial charge in [0.25, 0.3) is 5.91 Å². The van der Waals surface area contributed by atoms with Crippen molar-refractivity contribution in [2.75, 3.05) is 17.7 Å². The van der Waals surface area contributed by atoms with Crippen LogP contribution in [0.1, 0.15) is 59.8 Å². The molecule has 0 spiro atoms. The van der Waals surface area contributed by atoms with Crippen LogP contribution in [0.25, 0.3) is 0 Å². The Morgan fingerprint density at radius 3 is 2.66 bits per heavy atom. The zero-order chi connectivity index (χ0) is 24.9. The molecule has 1 amide bonds. The molecule has 7 nitrogen and oxygen atoms in total. The van der Waals surface area contributed by atoms with Gasteiger partial charge in [0.2, 0.25) is 0 Å². The number of methoxy groups -OCH3 is 1. The van der Waals surface area contributed by atoms with Gasteiger partial charge in [-0.05, 0) is 55.0 Å². The highest BCUT2D eigenvalue weighted by atomic mass is 16.5. The standard InChI is InChI=1S/C28H30N4O3/c1-16-10-11-18(12-17(16)2)30-27(34)20-15-29-32-25(19-8-6-7-9-23(19)35-5)24-21(31-26(20)32)13-28(3,4)14-22(24)33/h6-12,15,25,31H,13-14H2,1-5H3,(H,30,34). The highest BCUT2D eigenvalue weighted by molar-refractivity contribution is 6.08. The predicted octanol–water partition coefficient (Wildman–Crippen LogP) is 5.42. The Balaban J connectivity index is 1.61. The number of fused-ring (bicyclic) bond motifs is 1. The highest BCUT2D eigenvalue weighted by Crippen LogP contribution is 2.47. The first-order valence-electron chi connectivity index (χ1n) is 11.8. The fraction of sp³-hybridized carbons (Fsp3) is 0.321. The van der Waals surface area contributed by atoms with Crippen molar-refractivity contribution in [2.45, 2.75) is 46.6 Å². The molecular formula is C28H30N4O3. The number of hydrogen-bond donors (Lipinski definition) is 2. The van der Waals surface area contributed by atoms with Crippen LogP contribution in [0.5, 0.6) is 5.75 Å². The maximum absolute atomic E-state index is 13.4. The summed E-state index contributed by atoms with van der Waals surface area (Å²) >= 11 is 0. The number of ether oxygens (including phenoxy) is 1. The molecule has 1 aromatic heterocycles. The Morgan fingerprint density at radius 1 is 1.14 bits per heavy atom. The number of carbonyl (C=O) groups excluding carboxylic acids is 2. The van der Waals surface area contributed by atoms with E-state index in [1.54, 1.807) is 18.0 Å². The largest absolute Gasteiger partial charge is 0.496 e. The van der Waals surface area contributed by atoms with Gasteiger partial charge in [0, 0.05) is 28.9 Å².